The molecule has 100 valence electrons. The van der Waals surface area contributed by atoms with Gasteiger partial charge in [-0.05, 0) is 0 Å². The van der Waals surface area contributed by atoms with Gasteiger partial charge in [0, 0.05) is 0 Å². The Morgan fingerprint density at radius 2 is 1.74 bits per heavy atom. The number of aliphatic hydroxyl groups excluding tert-OH is 1. The van der Waals surface area contributed by atoms with E-state index < -0.39 is 0 Å². The summed E-state index contributed by atoms with van der Waals surface area (Å²) < 4.78 is 1.36. The molecule has 0 amide bonds. The molecule has 0 heterocycles. The molecule has 0 spiro atoms. The van der Waals surface area contributed by atoms with Gasteiger partial charge >= 0.3 is 125 Å². The Morgan fingerprint density at radius 3 is 2.42 bits per heavy atom. The maximum atomic E-state index is 10.0. The van der Waals surface area contributed by atoms with Crippen LogP contribution in [0.15, 0.2) is 59.5 Å². The van der Waals surface area contributed by atoms with Gasteiger partial charge < -0.3 is 0 Å². The Morgan fingerprint density at radius 1 is 1.05 bits per heavy atom. The van der Waals surface area contributed by atoms with E-state index >= 15 is 0 Å². The fourth-order valence-corrected chi connectivity index (χ4v) is 4.54. The topological polar surface area (TPSA) is 20.2 Å². The molecule has 0 radical (unpaired) electrons. The van der Waals surface area contributed by atoms with E-state index in [0.717, 1.165) is 11.1 Å². The number of aryl methyl sites for hydroxylation is 1. The first-order valence-electron chi connectivity index (χ1n) is 6.29. The number of aliphatic hydroxyl groups is 1. The Kier molecular flexibility index (Phi) is 5.99. The standard InChI is InChI=1S/C16H18OSSe/c1-13-7-9-15(10-8-13)18-11-14(17)12-19-16-5-3-2-4-6-16/h2-10,14,17H,11-12H2,1H3. The summed E-state index contributed by atoms with van der Waals surface area (Å²) in [7, 11) is 0. The second-order valence-corrected chi connectivity index (χ2v) is 7.79. The van der Waals surface area contributed by atoms with Crippen LogP contribution >= 0.6 is 11.8 Å². The molecule has 2 aromatic rings. The zero-order valence-corrected chi connectivity index (χ0v) is 13.5. The van der Waals surface area contributed by atoms with Crippen LogP contribution in [0, 0.1) is 6.92 Å². The van der Waals surface area contributed by atoms with Gasteiger partial charge in [0.15, 0.2) is 0 Å². The molecule has 0 aliphatic carbocycles. The molecule has 0 bridgehead atoms. The van der Waals surface area contributed by atoms with Gasteiger partial charge in [-0.25, -0.2) is 0 Å². The Bertz CT molecular complexity index is 484. The van der Waals surface area contributed by atoms with Gasteiger partial charge in [0.2, 0.25) is 0 Å². The monoisotopic (exact) mass is 338 g/mol. The Balaban J connectivity index is 1.72. The molecule has 1 atom stereocenters. The van der Waals surface area contributed by atoms with Crippen molar-refractivity contribution in [1.29, 1.82) is 0 Å². The zero-order valence-electron chi connectivity index (χ0n) is 11.0. The predicted octanol–water partition coefficient (Wildman–Crippen LogP) is 2.90. The predicted molar refractivity (Wildman–Crippen MR) is 84.5 cm³/mol. The summed E-state index contributed by atoms with van der Waals surface area (Å²) in [6.07, 6.45) is -0.216. The van der Waals surface area contributed by atoms with Crippen LogP contribution in [0.1, 0.15) is 5.56 Å². The fraction of sp³-hybridized carbons (Fsp3) is 0.250. The quantitative estimate of drug-likeness (QED) is 0.646. The summed E-state index contributed by atoms with van der Waals surface area (Å²) in [5, 5.41) is 10.9. The first-order valence-corrected chi connectivity index (χ1v) is 9.35. The molecule has 0 saturated heterocycles. The molecule has 0 aromatic heterocycles. The summed E-state index contributed by atoms with van der Waals surface area (Å²) >= 11 is 2.10. The zero-order chi connectivity index (χ0) is 13.5. The summed E-state index contributed by atoms with van der Waals surface area (Å²) in [6, 6.07) is 18.9. The second kappa shape index (κ2) is 7.76. The molecule has 3 heteroatoms. The van der Waals surface area contributed by atoms with Gasteiger partial charge in [-0.15, -0.1) is 0 Å². The van der Waals surface area contributed by atoms with Crippen LogP contribution in [0.5, 0.6) is 0 Å². The first kappa shape index (κ1) is 14.7. The van der Waals surface area contributed by atoms with E-state index in [-0.39, 0.29) is 6.10 Å². The van der Waals surface area contributed by atoms with Crippen molar-refractivity contribution >= 4 is 31.2 Å². The SMILES string of the molecule is Cc1ccc(SCC(O)C[Se]c2ccccc2)cc1. The fourth-order valence-electron chi connectivity index (χ4n) is 1.58. The van der Waals surface area contributed by atoms with E-state index in [2.05, 4.69) is 55.5 Å². The van der Waals surface area contributed by atoms with Gasteiger partial charge in [-0.1, -0.05) is 0 Å². The third-order valence-corrected chi connectivity index (χ3v) is 6.23. The van der Waals surface area contributed by atoms with Crippen LogP contribution in [-0.2, 0) is 0 Å². The molecule has 2 aromatic carbocycles. The van der Waals surface area contributed by atoms with Crippen molar-refractivity contribution in [3.8, 4) is 0 Å². The van der Waals surface area contributed by atoms with Crippen molar-refractivity contribution in [3.05, 3.63) is 60.2 Å². The number of benzene rings is 2. The molecule has 0 aliphatic rings. The van der Waals surface area contributed by atoms with E-state index in [9.17, 15) is 5.11 Å². The van der Waals surface area contributed by atoms with E-state index in [1.54, 1.807) is 11.8 Å². The van der Waals surface area contributed by atoms with Gasteiger partial charge in [0.1, 0.15) is 0 Å². The van der Waals surface area contributed by atoms with Gasteiger partial charge in [0.25, 0.3) is 0 Å². The van der Waals surface area contributed by atoms with Crippen molar-refractivity contribution in [1.82, 2.24) is 0 Å². The average Bonchev–Trinajstić information content (AvgIpc) is 2.45. The normalized spacial score (nSPS) is 12.3. The molecule has 0 saturated carbocycles. The number of thioether (sulfide) groups is 1. The summed E-state index contributed by atoms with van der Waals surface area (Å²) in [5.41, 5.74) is 1.28. The van der Waals surface area contributed by atoms with Crippen molar-refractivity contribution in [3.63, 3.8) is 0 Å². The van der Waals surface area contributed by atoms with Crippen LogP contribution < -0.4 is 4.46 Å². The van der Waals surface area contributed by atoms with Crippen LogP contribution in [-0.4, -0.2) is 31.9 Å². The van der Waals surface area contributed by atoms with Gasteiger partial charge in [-0.3, -0.25) is 0 Å². The number of rotatable bonds is 6. The van der Waals surface area contributed by atoms with Crippen LogP contribution in [0.2, 0.25) is 5.32 Å². The summed E-state index contributed by atoms with van der Waals surface area (Å²) in [6.45, 7) is 2.09. The summed E-state index contributed by atoms with van der Waals surface area (Å²) in [5.74, 6) is 0.775. The maximum absolute atomic E-state index is 10.0. The Hall–Kier alpha value is -0.731. The van der Waals surface area contributed by atoms with Crippen LogP contribution in [0.4, 0.5) is 0 Å². The van der Waals surface area contributed by atoms with Crippen LogP contribution in [0.3, 0.4) is 0 Å². The number of hydrogen-bond acceptors (Lipinski definition) is 2. The molecule has 0 aliphatic heterocycles. The minimum atomic E-state index is -0.216. The van der Waals surface area contributed by atoms with Crippen molar-refractivity contribution in [2.75, 3.05) is 5.75 Å². The van der Waals surface area contributed by atoms with E-state index in [1.807, 2.05) is 6.07 Å². The van der Waals surface area contributed by atoms with E-state index in [0.29, 0.717) is 15.0 Å². The summed E-state index contributed by atoms with van der Waals surface area (Å²) in [4.78, 5) is 1.23. The molecule has 1 unspecified atom stereocenters. The molecular weight excluding hydrogens is 319 g/mol. The molecule has 0 fully saturated rings. The van der Waals surface area contributed by atoms with Crippen molar-refractivity contribution < 1.29 is 5.11 Å². The third-order valence-electron chi connectivity index (χ3n) is 2.65. The van der Waals surface area contributed by atoms with Gasteiger partial charge in [-0.2, -0.15) is 0 Å². The van der Waals surface area contributed by atoms with E-state index in [4.69, 9.17) is 0 Å². The molecular formula is C16H18OSSe. The Labute approximate surface area is 125 Å². The second-order valence-electron chi connectivity index (χ2n) is 4.40. The molecule has 2 rings (SSSR count). The molecule has 19 heavy (non-hydrogen) atoms. The first-order chi connectivity index (χ1) is 9.24. The minimum absolute atomic E-state index is 0.216. The van der Waals surface area contributed by atoms with Crippen molar-refractivity contribution in [2.45, 2.75) is 23.2 Å². The van der Waals surface area contributed by atoms with E-state index in [1.165, 1.54) is 14.9 Å². The van der Waals surface area contributed by atoms with Crippen molar-refractivity contribution in [2.24, 2.45) is 0 Å². The van der Waals surface area contributed by atoms with Gasteiger partial charge in [0.05, 0.1) is 0 Å². The van der Waals surface area contributed by atoms with Crippen LogP contribution in [0.25, 0.3) is 0 Å². The average molecular weight is 337 g/mol. The number of hydrogen-bond donors (Lipinski definition) is 1. The molecule has 1 N–H and O–H groups in total. The third kappa shape index (κ3) is 5.41. The molecule has 1 nitrogen and oxygen atoms in total.